The summed E-state index contributed by atoms with van der Waals surface area (Å²) in [6.45, 7) is 13.7. The van der Waals surface area contributed by atoms with Crippen LogP contribution in [0.5, 0.6) is 11.5 Å². The van der Waals surface area contributed by atoms with E-state index < -0.39 is 0 Å². The van der Waals surface area contributed by atoms with Crippen LogP contribution in [0.15, 0.2) is 206 Å². The van der Waals surface area contributed by atoms with Crippen molar-refractivity contribution in [3.63, 3.8) is 0 Å². The Morgan fingerprint density at radius 3 is 1.81 bits per heavy atom. The molecule has 8 aromatic carbocycles. The topological polar surface area (TPSA) is 35.9 Å². The Morgan fingerprint density at radius 2 is 1.12 bits per heavy atom. The van der Waals surface area contributed by atoms with Crippen LogP contribution in [-0.2, 0) is 11.8 Å². The van der Waals surface area contributed by atoms with Gasteiger partial charge < -0.3 is 4.74 Å². The van der Waals surface area contributed by atoms with Crippen molar-refractivity contribution < 1.29 is 9.30 Å². The van der Waals surface area contributed by atoms with Crippen molar-refractivity contribution in [2.75, 3.05) is 0 Å². The van der Waals surface area contributed by atoms with Crippen LogP contribution in [0.1, 0.15) is 52.7 Å². The largest absolute Gasteiger partial charge is 0.458 e. The zero-order valence-electron chi connectivity index (χ0n) is 39.5. The van der Waals surface area contributed by atoms with Gasteiger partial charge in [0.2, 0.25) is 0 Å². The number of hydrogen-bond acceptors (Lipinski definition) is 2. The van der Waals surface area contributed by atoms with Crippen LogP contribution in [0.25, 0.3) is 83.4 Å². The van der Waals surface area contributed by atoms with Gasteiger partial charge in [0.1, 0.15) is 17.3 Å². The smallest absolute Gasteiger partial charge is 0.269 e. The van der Waals surface area contributed by atoms with Gasteiger partial charge >= 0.3 is 0 Å². The van der Waals surface area contributed by atoms with Gasteiger partial charge in [-0.2, -0.15) is 0 Å². The van der Waals surface area contributed by atoms with Crippen molar-refractivity contribution >= 4 is 32.8 Å². The molecule has 0 aliphatic heterocycles. The van der Waals surface area contributed by atoms with Crippen LogP contribution in [0.2, 0.25) is 0 Å². The van der Waals surface area contributed by atoms with E-state index >= 15 is 0 Å². The Labute approximate surface area is 399 Å². The average Bonchev–Trinajstić information content (AvgIpc) is 3.90. The SMILES string of the molecule is CC(C)(C)Cc1cc(-n2c3ccccc3c3ccc(Oc4cccc(-n5[c-][n+](-c6c(-c7ccccc7)cccc6-c6ccccc6)c6ccccc65)c4)cc32)ncc1-c1ccc(C(C)(C)C)cc1. The number of ether oxygens (including phenoxy) is 1. The standard InChI is InChI=1S/C63H54N4O/c1-62(2,3)40-46-37-60(64-41-55(46)45-31-33-47(34-32-45)63(4,5)6)67-56-28-14-13-25-53(56)54-36-35-50(39-59(54)67)68-49-24-17-23-48(38-49)65-42-66(58-30-16-15-29-57(58)65)61-51(43-19-9-7-10-20-43)26-18-27-52(61)44-21-11-8-12-22-44/h7-39,41H,40H2,1-6H3. The van der Waals surface area contributed by atoms with Crippen LogP contribution < -0.4 is 9.30 Å². The van der Waals surface area contributed by atoms with Gasteiger partial charge in [0.05, 0.1) is 33.4 Å². The van der Waals surface area contributed by atoms with Crippen molar-refractivity contribution in [1.29, 1.82) is 0 Å². The van der Waals surface area contributed by atoms with E-state index in [1.165, 1.54) is 27.6 Å². The molecule has 3 heterocycles. The zero-order chi connectivity index (χ0) is 46.6. The van der Waals surface area contributed by atoms with Crippen molar-refractivity contribution in [1.82, 2.24) is 14.1 Å². The predicted octanol–water partition coefficient (Wildman–Crippen LogP) is 15.9. The van der Waals surface area contributed by atoms with E-state index in [1.807, 2.05) is 6.07 Å². The Balaban J connectivity index is 0.995. The maximum Gasteiger partial charge on any atom is 0.269 e. The van der Waals surface area contributed by atoms with Gasteiger partial charge in [-0.15, -0.1) is 0 Å². The molecule has 11 rings (SSSR count). The molecule has 0 atom stereocenters. The first-order chi connectivity index (χ1) is 33.0. The Bertz CT molecular complexity index is 3570. The highest BCUT2D eigenvalue weighted by molar-refractivity contribution is 6.09. The van der Waals surface area contributed by atoms with E-state index in [0.717, 1.165) is 84.8 Å². The molecule has 0 saturated carbocycles. The van der Waals surface area contributed by atoms with Crippen LogP contribution in [0, 0.1) is 11.7 Å². The lowest BCUT2D eigenvalue weighted by atomic mass is 9.84. The van der Waals surface area contributed by atoms with E-state index in [4.69, 9.17) is 9.72 Å². The van der Waals surface area contributed by atoms with Crippen molar-refractivity contribution in [3.05, 3.63) is 224 Å². The summed E-state index contributed by atoms with van der Waals surface area (Å²) in [6.07, 6.45) is 6.79. The Kier molecular flexibility index (Phi) is 10.7. The second-order valence-corrected chi connectivity index (χ2v) is 20.1. The van der Waals surface area contributed by atoms with Crippen LogP contribution >= 0.6 is 0 Å². The number of fused-ring (bicyclic) bond motifs is 4. The quantitative estimate of drug-likeness (QED) is 0.107. The minimum Gasteiger partial charge on any atom is -0.458 e. The number of rotatable bonds is 9. The molecule has 332 valence electrons. The molecular formula is C63H54N4O. The number of benzene rings is 8. The summed E-state index contributed by atoms with van der Waals surface area (Å²) in [5.74, 6) is 2.35. The minimum absolute atomic E-state index is 0.0673. The summed E-state index contributed by atoms with van der Waals surface area (Å²) in [5.41, 5.74) is 15.9. The van der Waals surface area contributed by atoms with E-state index in [-0.39, 0.29) is 10.8 Å². The van der Waals surface area contributed by atoms with Gasteiger partial charge in [0.25, 0.3) is 6.33 Å². The lowest BCUT2D eigenvalue weighted by Gasteiger charge is -2.22. The highest BCUT2D eigenvalue weighted by Crippen LogP contribution is 2.39. The monoisotopic (exact) mass is 882 g/mol. The number of hydrogen-bond donors (Lipinski definition) is 0. The summed E-state index contributed by atoms with van der Waals surface area (Å²) in [5, 5.41) is 2.32. The molecule has 5 nitrogen and oxygen atoms in total. The predicted molar refractivity (Wildman–Crippen MR) is 280 cm³/mol. The van der Waals surface area contributed by atoms with E-state index in [1.54, 1.807) is 0 Å². The highest BCUT2D eigenvalue weighted by atomic mass is 16.5. The van der Waals surface area contributed by atoms with Gasteiger partial charge in [-0.3, -0.25) is 13.7 Å². The molecule has 68 heavy (non-hydrogen) atoms. The molecule has 0 fully saturated rings. The number of pyridine rings is 1. The molecule has 0 radical (unpaired) electrons. The maximum absolute atomic E-state index is 6.83. The fourth-order valence-electron chi connectivity index (χ4n) is 9.72. The molecule has 3 aromatic heterocycles. The third-order valence-electron chi connectivity index (χ3n) is 12.9. The first-order valence-electron chi connectivity index (χ1n) is 23.6. The molecule has 5 heteroatoms. The number of nitrogens with zero attached hydrogens (tertiary/aromatic N) is 4. The molecule has 0 amide bonds. The van der Waals surface area contributed by atoms with Crippen molar-refractivity contribution in [2.24, 2.45) is 5.41 Å². The third-order valence-corrected chi connectivity index (χ3v) is 12.9. The summed E-state index contributed by atoms with van der Waals surface area (Å²) in [6, 6.07) is 70.9. The second kappa shape index (κ2) is 17.0. The minimum atomic E-state index is 0.0673. The lowest BCUT2D eigenvalue weighted by Crippen LogP contribution is -2.31. The molecular weight excluding hydrogens is 829 g/mol. The van der Waals surface area contributed by atoms with E-state index in [9.17, 15) is 0 Å². The van der Waals surface area contributed by atoms with Gasteiger partial charge in [0, 0.05) is 28.6 Å². The molecule has 0 aliphatic rings. The van der Waals surface area contributed by atoms with Crippen LogP contribution in [0.4, 0.5) is 0 Å². The molecule has 11 aromatic rings. The summed E-state index contributed by atoms with van der Waals surface area (Å²) in [4.78, 5) is 5.23. The number of aromatic nitrogens is 4. The van der Waals surface area contributed by atoms with Crippen LogP contribution in [0.3, 0.4) is 0 Å². The number of imidazole rings is 1. The first-order valence-corrected chi connectivity index (χ1v) is 23.6. The lowest BCUT2D eigenvalue weighted by molar-refractivity contribution is -0.571. The molecule has 0 spiro atoms. The van der Waals surface area contributed by atoms with Crippen molar-refractivity contribution in [2.45, 2.75) is 53.4 Å². The van der Waals surface area contributed by atoms with E-state index in [2.05, 4.69) is 262 Å². The summed E-state index contributed by atoms with van der Waals surface area (Å²) in [7, 11) is 0. The van der Waals surface area contributed by atoms with Gasteiger partial charge in [0.15, 0.2) is 0 Å². The highest BCUT2D eigenvalue weighted by Gasteiger charge is 2.22. The van der Waals surface area contributed by atoms with Gasteiger partial charge in [-0.05, 0) is 98.7 Å². The fourth-order valence-corrected chi connectivity index (χ4v) is 9.72. The van der Waals surface area contributed by atoms with E-state index in [0.29, 0.717) is 0 Å². The summed E-state index contributed by atoms with van der Waals surface area (Å²) >= 11 is 0. The second-order valence-electron chi connectivity index (χ2n) is 20.1. The Hall–Kier alpha value is -8.02. The Morgan fingerprint density at radius 1 is 0.515 bits per heavy atom. The molecule has 0 saturated heterocycles. The third kappa shape index (κ3) is 8.04. The van der Waals surface area contributed by atoms with Crippen molar-refractivity contribution in [3.8, 4) is 62.1 Å². The fraction of sp³-hybridized carbons (Fsp3) is 0.143. The molecule has 0 unspecified atom stereocenters. The molecule has 0 bridgehead atoms. The maximum atomic E-state index is 6.83. The molecule has 0 aliphatic carbocycles. The normalized spacial score (nSPS) is 12.0. The average molecular weight is 883 g/mol. The summed E-state index contributed by atoms with van der Waals surface area (Å²) < 4.78 is 13.5. The van der Waals surface area contributed by atoms with Gasteiger partial charge in [-0.1, -0.05) is 193 Å². The zero-order valence-corrected chi connectivity index (χ0v) is 39.5. The molecule has 0 N–H and O–H groups in total. The van der Waals surface area contributed by atoms with Gasteiger partial charge in [-0.25, -0.2) is 4.98 Å². The first kappa shape index (κ1) is 42.6. The number of para-hydroxylation sites is 4. The van der Waals surface area contributed by atoms with Crippen LogP contribution in [-0.4, -0.2) is 14.1 Å².